The molecule has 1 heterocycles. The summed E-state index contributed by atoms with van der Waals surface area (Å²) in [6.45, 7) is 10.3. The number of ether oxygens (including phenoxy) is 1. The Labute approximate surface area is 164 Å². The average Bonchev–Trinajstić information content (AvgIpc) is 3.06. The Morgan fingerprint density at radius 3 is 2.48 bits per heavy atom. The summed E-state index contributed by atoms with van der Waals surface area (Å²) in [7, 11) is 0. The minimum Gasteiger partial charge on any atom is -0.486 e. The van der Waals surface area contributed by atoms with E-state index in [1.165, 1.54) is 21.8 Å². The SMILES string of the molecule is CCN(CC(=O)NC(C)(C)C)C(=O)c1csc(COc2ccc(C)cc2)n1. The molecule has 0 aliphatic heterocycles. The van der Waals surface area contributed by atoms with E-state index in [2.05, 4.69) is 10.3 Å². The smallest absolute Gasteiger partial charge is 0.273 e. The van der Waals surface area contributed by atoms with Gasteiger partial charge in [0.05, 0.1) is 6.54 Å². The van der Waals surface area contributed by atoms with Crippen molar-refractivity contribution in [2.45, 2.75) is 46.8 Å². The zero-order valence-electron chi connectivity index (χ0n) is 16.5. The molecule has 0 saturated heterocycles. The van der Waals surface area contributed by atoms with E-state index in [1.807, 2.05) is 58.9 Å². The lowest BCUT2D eigenvalue weighted by Gasteiger charge is -2.24. The van der Waals surface area contributed by atoms with Crippen molar-refractivity contribution in [2.75, 3.05) is 13.1 Å². The van der Waals surface area contributed by atoms with E-state index >= 15 is 0 Å². The molecule has 2 rings (SSSR count). The van der Waals surface area contributed by atoms with Gasteiger partial charge in [0.2, 0.25) is 5.91 Å². The molecule has 2 aromatic rings. The number of nitrogens with one attached hydrogen (secondary N) is 1. The van der Waals surface area contributed by atoms with Crippen LogP contribution < -0.4 is 10.1 Å². The quantitative estimate of drug-likeness (QED) is 0.788. The maximum atomic E-state index is 12.7. The molecular formula is C20H27N3O3S. The molecule has 146 valence electrons. The fourth-order valence-electron chi connectivity index (χ4n) is 2.38. The third-order valence-electron chi connectivity index (χ3n) is 3.67. The molecule has 7 heteroatoms. The van der Waals surface area contributed by atoms with Crippen molar-refractivity contribution in [3.63, 3.8) is 0 Å². The standard InChI is InChI=1S/C20H27N3O3S/c1-6-23(11-17(24)22-20(3,4)5)19(25)16-13-27-18(21-16)12-26-15-9-7-14(2)8-10-15/h7-10,13H,6,11-12H2,1-5H3,(H,22,24). The topological polar surface area (TPSA) is 71.5 Å². The van der Waals surface area contributed by atoms with Crippen LogP contribution in [-0.2, 0) is 11.4 Å². The largest absolute Gasteiger partial charge is 0.486 e. The number of carbonyl (C=O) groups excluding carboxylic acids is 2. The number of rotatable bonds is 7. The third-order valence-corrected chi connectivity index (χ3v) is 4.49. The number of nitrogens with zero attached hydrogens (tertiary/aromatic N) is 2. The summed E-state index contributed by atoms with van der Waals surface area (Å²) in [6.07, 6.45) is 0. The van der Waals surface area contributed by atoms with Crippen LogP contribution in [0.25, 0.3) is 0 Å². The van der Waals surface area contributed by atoms with E-state index in [1.54, 1.807) is 5.38 Å². The zero-order chi connectivity index (χ0) is 20.0. The summed E-state index contributed by atoms with van der Waals surface area (Å²) in [4.78, 5) is 30.6. The van der Waals surface area contributed by atoms with Crippen molar-refractivity contribution in [1.29, 1.82) is 0 Å². The predicted octanol–water partition coefficient (Wildman–Crippen LogP) is 3.41. The molecule has 0 fully saturated rings. The maximum absolute atomic E-state index is 12.7. The van der Waals surface area contributed by atoms with Crippen LogP contribution in [0.3, 0.4) is 0 Å². The number of benzene rings is 1. The summed E-state index contributed by atoms with van der Waals surface area (Å²) in [6, 6.07) is 7.77. The number of aryl methyl sites for hydroxylation is 1. The van der Waals surface area contributed by atoms with Gasteiger partial charge >= 0.3 is 0 Å². The van der Waals surface area contributed by atoms with Gasteiger partial charge in [0.25, 0.3) is 5.91 Å². The van der Waals surface area contributed by atoms with Gasteiger partial charge in [-0.2, -0.15) is 0 Å². The summed E-state index contributed by atoms with van der Waals surface area (Å²) >= 11 is 1.37. The van der Waals surface area contributed by atoms with Gasteiger partial charge < -0.3 is 15.0 Å². The second kappa shape index (κ2) is 8.99. The first kappa shape index (κ1) is 20.9. The van der Waals surface area contributed by atoms with Crippen molar-refractivity contribution in [1.82, 2.24) is 15.2 Å². The van der Waals surface area contributed by atoms with Gasteiger partial charge in [-0.25, -0.2) is 4.98 Å². The van der Waals surface area contributed by atoms with Crippen LogP contribution >= 0.6 is 11.3 Å². The Hall–Kier alpha value is -2.41. The number of likely N-dealkylation sites (N-methyl/N-ethyl adjacent to an activating group) is 1. The second-order valence-corrected chi connectivity index (χ2v) is 8.29. The lowest BCUT2D eigenvalue weighted by atomic mass is 10.1. The summed E-state index contributed by atoms with van der Waals surface area (Å²) in [5.74, 6) is 0.327. The minimum absolute atomic E-state index is 0.0132. The highest BCUT2D eigenvalue weighted by Gasteiger charge is 2.22. The number of amides is 2. The Bertz CT molecular complexity index is 779. The van der Waals surface area contributed by atoms with Crippen LogP contribution in [-0.4, -0.2) is 40.3 Å². The van der Waals surface area contributed by atoms with Gasteiger partial charge in [-0.15, -0.1) is 11.3 Å². The van der Waals surface area contributed by atoms with E-state index in [0.29, 0.717) is 23.9 Å². The number of aromatic nitrogens is 1. The fourth-order valence-corrected chi connectivity index (χ4v) is 3.05. The summed E-state index contributed by atoms with van der Waals surface area (Å²) in [5.41, 5.74) is 1.17. The highest BCUT2D eigenvalue weighted by Crippen LogP contribution is 2.17. The number of carbonyl (C=O) groups is 2. The van der Waals surface area contributed by atoms with Crippen molar-refractivity contribution in [2.24, 2.45) is 0 Å². The van der Waals surface area contributed by atoms with Gasteiger partial charge in [0.1, 0.15) is 23.1 Å². The Morgan fingerprint density at radius 1 is 1.22 bits per heavy atom. The van der Waals surface area contributed by atoms with Crippen LogP contribution in [0, 0.1) is 6.92 Å². The van der Waals surface area contributed by atoms with E-state index in [0.717, 1.165) is 5.75 Å². The van der Waals surface area contributed by atoms with E-state index in [-0.39, 0.29) is 23.9 Å². The lowest BCUT2D eigenvalue weighted by molar-refractivity contribution is -0.123. The second-order valence-electron chi connectivity index (χ2n) is 7.35. The Morgan fingerprint density at radius 2 is 1.89 bits per heavy atom. The molecule has 1 aromatic heterocycles. The Balaban J connectivity index is 1.95. The van der Waals surface area contributed by atoms with Crippen molar-refractivity contribution >= 4 is 23.2 Å². The van der Waals surface area contributed by atoms with E-state index in [4.69, 9.17) is 4.74 Å². The third kappa shape index (κ3) is 6.67. The lowest BCUT2D eigenvalue weighted by Crippen LogP contribution is -2.47. The molecule has 1 aromatic carbocycles. The molecule has 0 unspecified atom stereocenters. The molecule has 0 aliphatic carbocycles. The molecule has 0 aliphatic rings. The highest BCUT2D eigenvalue weighted by atomic mass is 32.1. The normalized spacial score (nSPS) is 11.1. The molecule has 0 radical (unpaired) electrons. The van der Waals surface area contributed by atoms with E-state index < -0.39 is 0 Å². The molecular weight excluding hydrogens is 362 g/mol. The van der Waals surface area contributed by atoms with Crippen molar-refractivity contribution in [3.8, 4) is 5.75 Å². The molecule has 0 atom stereocenters. The fraction of sp³-hybridized carbons (Fsp3) is 0.450. The molecule has 1 N–H and O–H groups in total. The van der Waals surface area contributed by atoms with Gasteiger partial charge in [-0.1, -0.05) is 17.7 Å². The molecule has 0 bridgehead atoms. The molecule has 0 saturated carbocycles. The van der Waals surface area contributed by atoms with Crippen LogP contribution in [0.4, 0.5) is 0 Å². The first-order chi connectivity index (χ1) is 12.7. The molecule has 2 amide bonds. The Kier molecular flexibility index (Phi) is 6.96. The van der Waals surface area contributed by atoms with E-state index in [9.17, 15) is 9.59 Å². The molecule has 6 nitrogen and oxygen atoms in total. The van der Waals surface area contributed by atoms with Gasteiger partial charge in [-0.3, -0.25) is 9.59 Å². The summed E-state index contributed by atoms with van der Waals surface area (Å²) in [5, 5.41) is 5.29. The molecule has 0 spiro atoms. The van der Waals surface area contributed by atoms with Crippen LogP contribution in [0.15, 0.2) is 29.6 Å². The minimum atomic E-state index is -0.333. The number of thiazole rings is 1. The van der Waals surface area contributed by atoms with Gasteiger partial charge in [-0.05, 0) is 46.8 Å². The number of hydrogen-bond donors (Lipinski definition) is 1. The van der Waals surface area contributed by atoms with Crippen molar-refractivity contribution in [3.05, 3.63) is 45.9 Å². The maximum Gasteiger partial charge on any atom is 0.273 e. The first-order valence-electron chi connectivity index (χ1n) is 8.92. The van der Waals surface area contributed by atoms with Gasteiger partial charge in [0, 0.05) is 17.5 Å². The van der Waals surface area contributed by atoms with Crippen molar-refractivity contribution < 1.29 is 14.3 Å². The highest BCUT2D eigenvalue weighted by molar-refractivity contribution is 7.09. The van der Waals surface area contributed by atoms with Crippen LogP contribution in [0.2, 0.25) is 0 Å². The zero-order valence-corrected chi connectivity index (χ0v) is 17.4. The first-order valence-corrected chi connectivity index (χ1v) is 9.80. The van der Waals surface area contributed by atoms with Gasteiger partial charge in [0.15, 0.2) is 0 Å². The number of hydrogen-bond acceptors (Lipinski definition) is 5. The predicted molar refractivity (Wildman–Crippen MR) is 107 cm³/mol. The molecule has 27 heavy (non-hydrogen) atoms. The summed E-state index contributed by atoms with van der Waals surface area (Å²) < 4.78 is 5.71. The van der Waals surface area contributed by atoms with Crippen LogP contribution in [0.1, 0.15) is 48.8 Å². The monoisotopic (exact) mass is 389 g/mol. The van der Waals surface area contributed by atoms with Crippen LogP contribution in [0.5, 0.6) is 5.75 Å². The average molecular weight is 390 g/mol.